The number of dihydropyridines is 1. The normalized spacial score (nSPS) is 21.8. The van der Waals surface area contributed by atoms with Gasteiger partial charge in [0.15, 0.2) is 5.76 Å². The van der Waals surface area contributed by atoms with Crippen LogP contribution in [0, 0.1) is 5.92 Å². The summed E-state index contributed by atoms with van der Waals surface area (Å²) in [5, 5.41) is 0. The number of carbonyl (C=O) groups excluding carboxylic acids is 2. The minimum atomic E-state index is -0.783. The van der Waals surface area contributed by atoms with Crippen LogP contribution in [-0.4, -0.2) is 35.0 Å². The maximum Gasteiger partial charge on any atom is 0.262 e. The number of carbonyl (C=O) groups is 2. The van der Waals surface area contributed by atoms with E-state index in [-0.39, 0.29) is 5.91 Å². The highest BCUT2D eigenvalue weighted by Crippen LogP contribution is 2.28. The molecule has 1 fully saturated rings. The Morgan fingerprint density at radius 1 is 1.50 bits per heavy atom. The van der Waals surface area contributed by atoms with Crippen LogP contribution < -0.4 is 0 Å². The van der Waals surface area contributed by atoms with E-state index in [0.717, 1.165) is 12.8 Å². The smallest absolute Gasteiger partial charge is 0.262 e. The molecule has 1 aromatic rings. The van der Waals surface area contributed by atoms with Crippen molar-refractivity contribution in [1.82, 2.24) is 4.90 Å². The lowest BCUT2D eigenvalue weighted by molar-refractivity contribution is -0.139. The fraction of sp³-hybridized carbons (Fsp3) is 0.400. The lowest BCUT2D eigenvalue weighted by atomic mass is 10.0. The third kappa shape index (κ3) is 2.31. The maximum absolute atomic E-state index is 12.4. The van der Waals surface area contributed by atoms with Crippen molar-refractivity contribution >= 4 is 17.5 Å². The zero-order valence-electron chi connectivity index (χ0n) is 11.3. The van der Waals surface area contributed by atoms with Crippen molar-refractivity contribution in [1.29, 1.82) is 0 Å². The summed E-state index contributed by atoms with van der Waals surface area (Å²) in [6.45, 7) is 2.57. The van der Waals surface area contributed by atoms with Gasteiger partial charge in [0.2, 0.25) is 5.91 Å². The first kappa shape index (κ1) is 12.8. The Morgan fingerprint density at radius 3 is 2.85 bits per heavy atom. The van der Waals surface area contributed by atoms with E-state index in [9.17, 15) is 9.59 Å². The fourth-order valence-electron chi connectivity index (χ4n) is 2.40. The van der Waals surface area contributed by atoms with Gasteiger partial charge in [-0.3, -0.25) is 9.59 Å². The molecule has 1 aliphatic heterocycles. The van der Waals surface area contributed by atoms with Crippen molar-refractivity contribution in [3.05, 3.63) is 36.3 Å². The summed E-state index contributed by atoms with van der Waals surface area (Å²) in [7, 11) is 0. The summed E-state index contributed by atoms with van der Waals surface area (Å²) in [5.41, 5.74) is 0.471. The van der Waals surface area contributed by atoms with Gasteiger partial charge in [-0.2, -0.15) is 0 Å². The Balaban J connectivity index is 1.76. The maximum atomic E-state index is 12.4. The van der Waals surface area contributed by atoms with Crippen LogP contribution in [0.2, 0.25) is 0 Å². The lowest BCUT2D eigenvalue weighted by Crippen LogP contribution is -2.40. The molecule has 0 spiro atoms. The highest BCUT2D eigenvalue weighted by atomic mass is 16.3. The van der Waals surface area contributed by atoms with E-state index in [4.69, 9.17) is 4.42 Å². The second-order valence-corrected chi connectivity index (χ2v) is 5.00. The van der Waals surface area contributed by atoms with Gasteiger partial charge in [-0.25, -0.2) is 4.99 Å². The number of rotatable bonds is 4. The van der Waals surface area contributed by atoms with E-state index in [0.29, 0.717) is 24.1 Å². The number of amides is 2. The Labute approximate surface area is 117 Å². The Bertz CT molecular complexity index is 582. The number of hydrogen-bond donors (Lipinski definition) is 0. The van der Waals surface area contributed by atoms with Gasteiger partial charge < -0.3 is 9.32 Å². The molecule has 0 saturated heterocycles. The number of allylic oxidation sites excluding steroid dienone is 1. The molecule has 0 N–H and O–H groups in total. The van der Waals surface area contributed by atoms with Crippen LogP contribution in [0.1, 0.15) is 25.5 Å². The van der Waals surface area contributed by atoms with Gasteiger partial charge in [-0.15, -0.1) is 0 Å². The van der Waals surface area contributed by atoms with Gasteiger partial charge in [0.05, 0.1) is 6.26 Å². The fourth-order valence-corrected chi connectivity index (χ4v) is 2.40. The Morgan fingerprint density at radius 2 is 2.30 bits per heavy atom. The zero-order chi connectivity index (χ0) is 14.1. The van der Waals surface area contributed by atoms with Crippen molar-refractivity contribution in [3.8, 4) is 0 Å². The van der Waals surface area contributed by atoms with Crippen LogP contribution in [0.4, 0.5) is 0 Å². The van der Waals surface area contributed by atoms with E-state index >= 15 is 0 Å². The molecule has 2 aliphatic rings. The van der Waals surface area contributed by atoms with E-state index in [1.165, 1.54) is 6.26 Å². The number of hydrogen-bond acceptors (Lipinski definition) is 3. The largest absolute Gasteiger partial charge is 0.463 e. The predicted octanol–water partition coefficient (Wildman–Crippen LogP) is 1.79. The molecule has 2 heterocycles. The Hall–Kier alpha value is -2.17. The molecular weight excluding hydrogens is 256 g/mol. The van der Waals surface area contributed by atoms with Crippen LogP contribution in [0.5, 0.6) is 0 Å². The van der Waals surface area contributed by atoms with Crippen LogP contribution in [-0.2, 0) is 9.59 Å². The summed E-state index contributed by atoms with van der Waals surface area (Å²) >= 11 is 0. The van der Waals surface area contributed by atoms with Crippen LogP contribution in [0.25, 0.3) is 0 Å². The van der Waals surface area contributed by atoms with Crippen LogP contribution in [0.3, 0.4) is 0 Å². The summed E-state index contributed by atoms with van der Waals surface area (Å²) in [5.74, 6) is -0.800. The topological polar surface area (TPSA) is 62.9 Å². The van der Waals surface area contributed by atoms with Gasteiger partial charge in [0.25, 0.3) is 5.91 Å². The van der Waals surface area contributed by atoms with Gasteiger partial charge in [-0.1, -0.05) is 6.08 Å². The van der Waals surface area contributed by atoms with Gasteiger partial charge in [0, 0.05) is 12.6 Å². The molecule has 1 saturated carbocycles. The first-order chi connectivity index (χ1) is 9.70. The number of nitrogens with zero attached hydrogens (tertiary/aromatic N) is 2. The molecular formula is C15H16N2O3. The molecule has 0 radical (unpaired) electrons. The molecule has 104 valence electrons. The van der Waals surface area contributed by atoms with E-state index < -0.39 is 11.8 Å². The molecule has 5 heteroatoms. The van der Waals surface area contributed by atoms with Gasteiger partial charge in [0.1, 0.15) is 11.6 Å². The number of aliphatic imine (C=N–C) groups is 1. The van der Waals surface area contributed by atoms with E-state index in [1.54, 1.807) is 29.2 Å². The average Bonchev–Trinajstić information content (AvgIpc) is 3.12. The molecule has 1 aromatic heterocycles. The first-order valence-corrected chi connectivity index (χ1v) is 6.85. The first-order valence-electron chi connectivity index (χ1n) is 6.85. The van der Waals surface area contributed by atoms with E-state index in [1.807, 2.05) is 6.92 Å². The lowest BCUT2D eigenvalue weighted by Gasteiger charge is -2.24. The Kier molecular flexibility index (Phi) is 3.26. The molecule has 0 aromatic carbocycles. The molecule has 1 aliphatic carbocycles. The monoisotopic (exact) mass is 272 g/mol. The zero-order valence-corrected chi connectivity index (χ0v) is 11.3. The third-order valence-electron chi connectivity index (χ3n) is 3.59. The van der Waals surface area contributed by atoms with Crippen LogP contribution in [0.15, 0.2) is 40.0 Å². The van der Waals surface area contributed by atoms with Crippen molar-refractivity contribution < 1.29 is 14.0 Å². The molecule has 20 heavy (non-hydrogen) atoms. The summed E-state index contributed by atoms with van der Waals surface area (Å²) < 4.78 is 5.20. The van der Waals surface area contributed by atoms with Crippen molar-refractivity contribution in [2.24, 2.45) is 10.9 Å². The standard InChI is InChI=1S/C15H16N2O3/c1-2-17(10-5-6-10)15(19)11-7-8-12(16-14(11)18)13-4-3-9-20-13/h3-4,7-11H,2,5-6H2,1H3. The molecule has 5 nitrogen and oxygen atoms in total. The van der Waals surface area contributed by atoms with E-state index in [2.05, 4.69) is 4.99 Å². The highest BCUT2D eigenvalue weighted by molar-refractivity contribution is 6.17. The quantitative estimate of drug-likeness (QED) is 0.785. The van der Waals surface area contributed by atoms with Crippen molar-refractivity contribution in [2.45, 2.75) is 25.8 Å². The SMILES string of the molecule is CCN(C(=O)C1C=CC(c2ccco2)=NC1=O)C1CC1. The summed E-state index contributed by atoms with van der Waals surface area (Å²) in [6.07, 6.45) is 6.90. The second-order valence-electron chi connectivity index (χ2n) is 5.00. The molecule has 3 rings (SSSR count). The van der Waals surface area contributed by atoms with Crippen molar-refractivity contribution in [3.63, 3.8) is 0 Å². The minimum Gasteiger partial charge on any atom is -0.463 e. The predicted molar refractivity (Wildman–Crippen MR) is 73.3 cm³/mol. The second kappa shape index (κ2) is 5.07. The van der Waals surface area contributed by atoms with Crippen molar-refractivity contribution in [2.75, 3.05) is 6.54 Å². The number of furan rings is 1. The van der Waals surface area contributed by atoms with Gasteiger partial charge in [-0.05, 0) is 38.0 Å². The molecule has 1 atom stereocenters. The molecule has 2 amide bonds. The highest BCUT2D eigenvalue weighted by Gasteiger charge is 2.37. The third-order valence-corrected chi connectivity index (χ3v) is 3.59. The molecule has 1 unspecified atom stereocenters. The summed E-state index contributed by atoms with van der Waals surface area (Å²) in [6, 6.07) is 3.78. The van der Waals surface area contributed by atoms with Crippen LogP contribution >= 0.6 is 0 Å². The van der Waals surface area contributed by atoms with Gasteiger partial charge >= 0.3 is 0 Å². The molecule has 0 bridgehead atoms. The summed E-state index contributed by atoms with van der Waals surface area (Å²) in [4.78, 5) is 30.2. The average molecular weight is 272 g/mol. The minimum absolute atomic E-state index is 0.140.